The minimum absolute atomic E-state index is 0.225. The molecule has 1 aromatic carbocycles. The number of methoxy groups -OCH3 is 1. The molecular formula is C12H13NO3. The summed E-state index contributed by atoms with van der Waals surface area (Å²) in [5, 5.41) is 2.64. The number of amides is 1. The van der Waals surface area contributed by atoms with Gasteiger partial charge in [0.1, 0.15) is 0 Å². The number of ether oxygens (including phenoxy) is 1. The monoisotopic (exact) mass is 219 g/mol. The summed E-state index contributed by atoms with van der Waals surface area (Å²) in [5.41, 5.74) is 1.39. The molecule has 0 heterocycles. The fourth-order valence-corrected chi connectivity index (χ4v) is 1.14. The predicted molar refractivity (Wildman–Crippen MR) is 59.8 cm³/mol. The molecule has 0 bridgehead atoms. The second-order valence-corrected chi connectivity index (χ2v) is 3.11. The molecule has 0 aliphatic rings. The van der Waals surface area contributed by atoms with Crippen LogP contribution in [0.15, 0.2) is 36.9 Å². The minimum Gasteiger partial charge on any atom is -0.465 e. The van der Waals surface area contributed by atoms with Gasteiger partial charge in [-0.2, -0.15) is 0 Å². The van der Waals surface area contributed by atoms with Crippen LogP contribution in [0.1, 0.15) is 15.9 Å². The number of carbonyl (C=O) groups excluding carboxylic acids is 2. The average Bonchev–Trinajstić information content (AvgIpc) is 2.35. The van der Waals surface area contributed by atoms with Gasteiger partial charge < -0.3 is 10.1 Å². The number of hydrogen-bond donors (Lipinski definition) is 1. The van der Waals surface area contributed by atoms with Crippen molar-refractivity contribution in [3.63, 3.8) is 0 Å². The van der Waals surface area contributed by atoms with Gasteiger partial charge in [-0.3, -0.25) is 4.79 Å². The van der Waals surface area contributed by atoms with Gasteiger partial charge in [0.15, 0.2) is 0 Å². The number of nitrogens with one attached hydrogen (secondary N) is 1. The van der Waals surface area contributed by atoms with E-state index >= 15 is 0 Å². The first-order valence-electron chi connectivity index (χ1n) is 4.75. The van der Waals surface area contributed by atoms with Gasteiger partial charge in [0, 0.05) is 6.54 Å². The van der Waals surface area contributed by atoms with Crippen molar-refractivity contribution in [3.8, 4) is 0 Å². The van der Waals surface area contributed by atoms with E-state index in [1.54, 1.807) is 24.3 Å². The lowest BCUT2D eigenvalue weighted by molar-refractivity contribution is -0.116. The molecule has 4 nitrogen and oxygen atoms in total. The zero-order chi connectivity index (χ0) is 12.0. The first-order chi connectivity index (χ1) is 7.67. The molecule has 0 aromatic heterocycles. The molecule has 84 valence electrons. The largest absolute Gasteiger partial charge is 0.465 e. The van der Waals surface area contributed by atoms with Crippen LogP contribution in [0.2, 0.25) is 0 Å². The van der Waals surface area contributed by atoms with Crippen molar-refractivity contribution in [3.05, 3.63) is 48.0 Å². The number of hydrogen-bond acceptors (Lipinski definition) is 3. The molecule has 16 heavy (non-hydrogen) atoms. The Bertz CT molecular complexity index is 395. The third-order valence-corrected chi connectivity index (χ3v) is 2.03. The molecule has 0 atom stereocenters. The highest BCUT2D eigenvalue weighted by Crippen LogP contribution is 2.05. The van der Waals surface area contributed by atoms with Crippen LogP contribution in [0.5, 0.6) is 0 Å². The van der Waals surface area contributed by atoms with Crippen molar-refractivity contribution in [2.24, 2.45) is 0 Å². The van der Waals surface area contributed by atoms with Crippen LogP contribution in [0, 0.1) is 0 Å². The fraction of sp³-hybridized carbons (Fsp3) is 0.167. The standard InChI is InChI=1S/C12H13NO3/c1-3-11(14)13-8-9-4-6-10(7-5-9)12(15)16-2/h3-7H,1,8H2,2H3,(H,13,14). The Morgan fingerprint density at radius 3 is 2.50 bits per heavy atom. The molecule has 1 aromatic rings. The molecule has 0 aliphatic carbocycles. The molecule has 0 radical (unpaired) electrons. The topological polar surface area (TPSA) is 55.4 Å². The SMILES string of the molecule is C=CC(=O)NCc1ccc(C(=O)OC)cc1. The van der Waals surface area contributed by atoms with Crippen molar-refractivity contribution in [1.82, 2.24) is 5.32 Å². The van der Waals surface area contributed by atoms with E-state index < -0.39 is 0 Å². The van der Waals surface area contributed by atoms with E-state index in [2.05, 4.69) is 16.6 Å². The summed E-state index contributed by atoms with van der Waals surface area (Å²) in [6.07, 6.45) is 1.21. The fourth-order valence-electron chi connectivity index (χ4n) is 1.14. The third-order valence-electron chi connectivity index (χ3n) is 2.03. The van der Waals surface area contributed by atoms with Crippen LogP contribution in [-0.2, 0) is 16.1 Å². The minimum atomic E-state index is -0.373. The lowest BCUT2D eigenvalue weighted by Crippen LogP contribution is -2.19. The molecule has 1 amide bonds. The normalized spacial score (nSPS) is 9.31. The quantitative estimate of drug-likeness (QED) is 0.613. The van der Waals surface area contributed by atoms with E-state index in [1.807, 2.05) is 0 Å². The van der Waals surface area contributed by atoms with Gasteiger partial charge in [-0.25, -0.2) is 4.79 Å². The van der Waals surface area contributed by atoms with Crippen LogP contribution in [-0.4, -0.2) is 19.0 Å². The summed E-state index contributed by atoms with van der Waals surface area (Å²) in [6.45, 7) is 3.76. The van der Waals surface area contributed by atoms with E-state index in [0.717, 1.165) is 5.56 Å². The van der Waals surface area contributed by atoms with Gasteiger partial charge >= 0.3 is 5.97 Å². The molecular weight excluding hydrogens is 206 g/mol. The Morgan fingerprint density at radius 2 is 2.00 bits per heavy atom. The van der Waals surface area contributed by atoms with Gasteiger partial charge in [0.2, 0.25) is 5.91 Å². The van der Waals surface area contributed by atoms with E-state index in [9.17, 15) is 9.59 Å². The van der Waals surface area contributed by atoms with Crippen LogP contribution >= 0.6 is 0 Å². The Labute approximate surface area is 93.9 Å². The van der Waals surface area contributed by atoms with Gasteiger partial charge in [-0.1, -0.05) is 18.7 Å². The maximum Gasteiger partial charge on any atom is 0.337 e. The molecule has 1 rings (SSSR count). The number of carbonyl (C=O) groups is 2. The molecule has 0 unspecified atom stereocenters. The van der Waals surface area contributed by atoms with Crippen LogP contribution in [0.3, 0.4) is 0 Å². The summed E-state index contributed by atoms with van der Waals surface area (Å²) in [7, 11) is 1.33. The second kappa shape index (κ2) is 5.70. The van der Waals surface area contributed by atoms with Gasteiger partial charge in [-0.05, 0) is 23.8 Å². The highest BCUT2D eigenvalue weighted by molar-refractivity contribution is 5.89. The van der Waals surface area contributed by atoms with Gasteiger partial charge in [0.25, 0.3) is 0 Å². The average molecular weight is 219 g/mol. The first-order valence-corrected chi connectivity index (χ1v) is 4.75. The lowest BCUT2D eigenvalue weighted by Gasteiger charge is -2.03. The zero-order valence-corrected chi connectivity index (χ0v) is 9.03. The van der Waals surface area contributed by atoms with Crippen molar-refractivity contribution < 1.29 is 14.3 Å². The van der Waals surface area contributed by atoms with Crippen LogP contribution in [0.25, 0.3) is 0 Å². The Balaban J connectivity index is 2.61. The van der Waals surface area contributed by atoms with Crippen molar-refractivity contribution in [2.45, 2.75) is 6.54 Å². The number of benzene rings is 1. The first kappa shape index (κ1) is 12.0. The summed E-state index contributed by atoms with van der Waals surface area (Å²) in [6, 6.07) is 6.83. The van der Waals surface area contributed by atoms with Crippen LogP contribution < -0.4 is 5.32 Å². The molecule has 0 saturated carbocycles. The van der Waals surface area contributed by atoms with Crippen molar-refractivity contribution in [1.29, 1.82) is 0 Å². The molecule has 0 aliphatic heterocycles. The maximum atomic E-state index is 11.1. The smallest absolute Gasteiger partial charge is 0.337 e. The Kier molecular flexibility index (Phi) is 4.27. The highest BCUT2D eigenvalue weighted by atomic mass is 16.5. The second-order valence-electron chi connectivity index (χ2n) is 3.11. The summed E-state index contributed by atoms with van der Waals surface area (Å²) in [5.74, 6) is -0.598. The number of esters is 1. The van der Waals surface area contributed by atoms with E-state index in [4.69, 9.17) is 0 Å². The predicted octanol–water partition coefficient (Wildman–Crippen LogP) is 1.28. The molecule has 0 spiro atoms. The van der Waals surface area contributed by atoms with E-state index in [-0.39, 0.29) is 11.9 Å². The van der Waals surface area contributed by atoms with E-state index in [0.29, 0.717) is 12.1 Å². The number of rotatable bonds is 4. The summed E-state index contributed by atoms with van der Waals surface area (Å²) >= 11 is 0. The lowest BCUT2D eigenvalue weighted by atomic mass is 10.1. The maximum absolute atomic E-state index is 11.1. The Morgan fingerprint density at radius 1 is 1.38 bits per heavy atom. The molecule has 0 fully saturated rings. The molecule has 1 N–H and O–H groups in total. The third kappa shape index (κ3) is 3.24. The summed E-state index contributed by atoms with van der Waals surface area (Å²) in [4.78, 5) is 22.0. The van der Waals surface area contributed by atoms with Crippen molar-refractivity contribution in [2.75, 3.05) is 7.11 Å². The Hall–Kier alpha value is -2.10. The zero-order valence-electron chi connectivity index (χ0n) is 9.03. The van der Waals surface area contributed by atoms with Gasteiger partial charge in [-0.15, -0.1) is 0 Å². The van der Waals surface area contributed by atoms with Crippen molar-refractivity contribution >= 4 is 11.9 Å². The van der Waals surface area contributed by atoms with E-state index in [1.165, 1.54) is 13.2 Å². The highest BCUT2D eigenvalue weighted by Gasteiger charge is 2.04. The van der Waals surface area contributed by atoms with Gasteiger partial charge in [0.05, 0.1) is 12.7 Å². The van der Waals surface area contributed by atoms with Crippen LogP contribution in [0.4, 0.5) is 0 Å². The summed E-state index contributed by atoms with van der Waals surface area (Å²) < 4.78 is 4.57. The molecule has 0 saturated heterocycles. The molecule has 4 heteroatoms.